The zero-order valence-corrected chi connectivity index (χ0v) is 21.6. The Balaban J connectivity index is 2.90. The van der Waals surface area contributed by atoms with E-state index in [1.54, 1.807) is 0 Å². The first-order chi connectivity index (χ1) is 16.7. The molecule has 1 aromatic carbocycles. The third kappa shape index (κ3) is 7.20. The second kappa shape index (κ2) is 9.71. The molecule has 3 N–H and O–H groups in total. The van der Waals surface area contributed by atoms with E-state index < -0.39 is 88.9 Å². The fraction of sp³-hybridized carbons (Fsp3) is 0.500. The van der Waals surface area contributed by atoms with Crippen molar-refractivity contribution in [3.8, 4) is 11.3 Å². The summed E-state index contributed by atoms with van der Waals surface area (Å²) in [7, 11) is -9.57. The SMILES string of the molecule is Cc1c(S(N)(=O)=O)cc(-c2ccc(S(=O)(=O)NC(C)(C)C)c(C(F)(F)F)c2)n1CC(C(F)(F)F)C(F)(F)F. The Bertz CT molecular complexity index is 1400. The normalized spacial score (nSPS) is 14.4. The van der Waals surface area contributed by atoms with Crippen molar-refractivity contribution < 1.29 is 56.3 Å². The minimum absolute atomic E-state index is 0.186. The van der Waals surface area contributed by atoms with Crippen LogP contribution in [0.4, 0.5) is 39.5 Å². The molecule has 0 saturated carbocycles. The molecule has 0 saturated heterocycles. The Kier molecular flexibility index (Phi) is 8.15. The van der Waals surface area contributed by atoms with Crippen molar-refractivity contribution in [2.24, 2.45) is 11.1 Å². The van der Waals surface area contributed by atoms with Gasteiger partial charge >= 0.3 is 18.5 Å². The lowest BCUT2D eigenvalue weighted by Crippen LogP contribution is -2.41. The highest BCUT2D eigenvalue weighted by Gasteiger charge is 2.57. The van der Waals surface area contributed by atoms with E-state index in [2.05, 4.69) is 0 Å². The average Bonchev–Trinajstić information content (AvgIpc) is 2.97. The van der Waals surface area contributed by atoms with Crippen LogP contribution in [0.15, 0.2) is 34.1 Å². The van der Waals surface area contributed by atoms with Gasteiger partial charge in [-0.15, -0.1) is 0 Å². The number of aromatic nitrogens is 1. The maximum absolute atomic E-state index is 13.9. The number of hydrogen-bond donors (Lipinski definition) is 2. The van der Waals surface area contributed by atoms with Crippen LogP contribution in [0.2, 0.25) is 0 Å². The highest BCUT2D eigenvalue weighted by molar-refractivity contribution is 7.89. The van der Waals surface area contributed by atoms with Crippen molar-refractivity contribution in [1.29, 1.82) is 0 Å². The van der Waals surface area contributed by atoms with Crippen LogP contribution in [0.5, 0.6) is 0 Å². The van der Waals surface area contributed by atoms with Gasteiger partial charge < -0.3 is 4.57 Å². The van der Waals surface area contributed by atoms with E-state index in [0.29, 0.717) is 18.2 Å². The van der Waals surface area contributed by atoms with Gasteiger partial charge in [-0.1, -0.05) is 6.07 Å². The zero-order chi connectivity index (χ0) is 29.9. The number of hydrogen-bond acceptors (Lipinski definition) is 4. The van der Waals surface area contributed by atoms with Crippen molar-refractivity contribution in [1.82, 2.24) is 9.29 Å². The molecule has 18 heteroatoms. The van der Waals surface area contributed by atoms with Gasteiger partial charge in [0.05, 0.1) is 10.5 Å². The monoisotopic (exact) mass is 603 g/mol. The fourth-order valence-electron chi connectivity index (χ4n) is 3.56. The van der Waals surface area contributed by atoms with Crippen molar-refractivity contribution >= 4 is 20.0 Å². The molecule has 0 aliphatic carbocycles. The van der Waals surface area contributed by atoms with Gasteiger partial charge in [0.25, 0.3) is 0 Å². The van der Waals surface area contributed by atoms with E-state index in [-0.39, 0.29) is 10.6 Å². The summed E-state index contributed by atoms with van der Waals surface area (Å²) < 4.78 is 173. The lowest BCUT2D eigenvalue weighted by molar-refractivity contribution is -0.287. The van der Waals surface area contributed by atoms with E-state index in [0.717, 1.165) is 6.92 Å². The van der Waals surface area contributed by atoms with Crippen LogP contribution < -0.4 is 9.86 Å². The first-order valence-electron chi connectivity index (χ1n) is 10.3. The van der Waals surface area contributed by atoms with E-state index >= 15 is 0 Å². The third-order valence-corrected chi connectivity index (χ3v) is 7.94. The topological polar surface area (TPSA) is 111 Å². The molecule has 0 bridgehead atoms. The second-order valence-electron chi connectivity index (χ2n) is 9.33. The number of benzene rings is 1. The second-order valence-corrected chi connectivity index (χ2v) is 12.5. The maximum atomic E-state index is 13.9. The minimum Gasteiger partial charge on any atom is -0.343 e. The molecular weight excluding hydrogens is 581 g/mol. The van der Waals surface area contributed by atoms with Gasteiger partial charge in [-0.2, -0.15) is 39.5 Å². The van der Waals surface area contributed by atoms with Gasteiger partial charge in [0.15, 0.2) is 5.92 Å². The van der Waals surface area contributed by atoms with E-state index in [1.807, 2.05) is 4.72 Å². The van der Waals surface area contributed by atoms with Crippen LogP contribution in [0, 0.1) is 12.8 Å². The van der Waals surface area contributed by atoms with Crippen LogP contribution in [0.3, 0.4) is 0 Å². The Labute approximate surface area is 211 Å². The van der Waals surface area contributed by atoms with Gasteiger partial charge in [0.1, 0.15) is 4.90 Å². The van der Waals surface area contributed by atoms with Crippen LogP contribution in [-0.2, 0) is 32.8 Å². The summed E-state index contributed by atoms with van der Waals surface area (Å²) in [6, 6.07) is 1.86. The van der Waals surface area contributed by atoms with Crippen LogP contribution >= 0.6 is 0 Å². The van der Waals surface area contributed by atoms with E-state index in [4.69, 9.17) is 5.14 Å². The lowest BCUT2D eigenvalue weighted by Gasteiger charge is -2.25. The van der Waals surface area contributed by atoms with Crippen molar-refractivity contribution in [3.63, 3.8) is 0 Å². The van der Waals surface area contributed by atoms with Gasteiger partial charge in [0, 0.05) is 23.5 Å². The molecule has 0 unspecified atom stereocenters. The molecule has 0 amide bonds. The minimum atomic E-state index is -5.86. The van der Waals surface area contributed by atoms with Gasteiger partial charge in [0.2, 0.25) is 20.0 Å². The number of primary sulfonamides is 1. The summed E-state index contributed by atoms with van der Waals surface area (Å²) in [5.41, 5.74) is -5.24. The molecule has 216 valence electrons. The summed E-state index contributed by atoms with van der Waals surface area (Å²) in [6.45, 7) is 2.90. The van der Waals surface area contributed by atoms with Crippen molar-refractivity contribution in [3.05, 3.63) is 35.5 Å². The molecular formula is C20H22F9N3O4S2. The Morgan fingerprint density at radius 2 is 1.37 bits per heavy atom. The molecule has 1 heterocycles. The predicted molar refractivity (Wildman–Crippen MR) is 117 cm³/mol. The third-order valence-electron chi connectivity index (χ3n) is 5.09. The summed E-state index contributed by atoms with van der Waals surface area (Å²) in [4.78, 5) is -2.20. The van der Waals surface area contributed by atoms with Gasteiger partial charge in [-0.05, 0) is 51.5 Å². The molecule has 38 heavy (non-hydrogen) atoms. The van der Waals surface area contributed by atoms with Crippen LogP contribution in [-0.4, -0.2) is 39.3 Å². The molecule has 0 radical (unpaired) electrons. The largest absolute Gasteiger partial charge is 0.417 e. The predicted octanol–water partition coefficient (Wildman–Crippen LogP) is 4.95. The summed E-state index contributed by atoms with van der Waals surface area (Å²) in [5, 5.41) is 5.01. The number of nitrogens with zero attached hydrogens (tertiary/aromatic N) is 1. The van der Waals surface area contributed by atoms with Crippen molar-refractivity contribution in [2.75, 3.05) is 0 Å². The average molecular weight is 604 g/mol. The molecule has 0 atom stereocenters. The Morgan fingerprint density at radius 1 is 0.868 bits per heavy atom. The molecule has 0 aliphatic rings. The van der Waals surface area contributed by atoms with E-state index in [9.17, 15) is 56.3 Å². The zero-order valence-electron chi connectivity index (χ0n) is 20.0. The highest BCUT2D eigenvalue weighted by Crippen LogP contribution is 2.43. The molecule has 0 fully saturated rings. The number of nitrogens with two attached hydrogens (primary N) is 1. The van der Waals surface area contributed by atoms with Crippen LogP contribution in [0.25, 0.3) is 11.3 Å². The summed E-state index contributed by atoms with van der Waals surface area (Å²) in [5.74, 6) is -4.02. The van der Waals surface area contributed by atoms with E-state index in [1.165, 1.54) is 20.8 Å². The quantitative estimate of drug-likeness (QED) is 0.456. The van der Waals surface area contributed by atoms with Gasteiger partial charge in [-0.25, -0.2) is 26.7 Å². The first-order valence-corrected chi connectivity index (χ1v) is 13.3. The maximum Gasteiger partial charge on any atom is 0.417 e. The fourth-order valence-corrected chi connectivity index (χ4v) is 5.99. The molecule has 2 rings (SSSR count). The number of nitrogens with one attached hydrogen (secondary N) is 1. The number of rotatable bonds is 6. The lowest BCUT2D eigenvalue weighted by atomic mass is 10.1. The number of halogens is 9. The Hall–Kier alpha value is -2.31. The van der Waals surface area contributed by atoms with Crippen LogP contribution in [0.1, 0.15) is 32.0 Å². The van der Waals surface area contributed by atoms with Crippen molar-refractivity contribution in [2.45, 2.75) is 68.1 Å². The molecule has 0 aliphatic heterocycles. The molecule has 0 spiro atoms. The first kappa shape index (κ1) is 31.9. The number of sulfonamides is 2. The standard InChI is InChI=1S/C20H22F9N3O4S2/c1-10-15(37(30,33)34)8-13(32(10)9-16(19(24,25)26)20(27,28)29)11-5-6-14(12(7-11)18(21,22)23)38(35,36)31-17(2,3)4/h5-8,16,31H,9H2,1-4H3,(H2,30,33,34). The molecule has 7 nitrogen and oxygen atoms in total. The van der Waals surface area contributed by atoms with Gasteiger partial charge in [-0.3, -0.25) is 0 Å². The number of alkyl halides is 9. The smallest absolute Gasteiger partial charge is 0.343 e. The highest BCUT2D eigenvalue weighted by atomic mass is 32.2. The Morgan fingerprint density at radius 3 is 1.76 bits per heavy atom. The summed E-state index contributed by atoms with van der Waals surface area (Å²) in [6.07, 6.45) is -17.1. The molecule has 1 aromatic heterocycles. The molecule has 2 aromatic rings. The summed E-state index contributed by atoms with van der Waals surface area (Å²) >= 11 is 0.